The fraction of sp³-hybridized carbons (Fsp3) is 0.316. The highest BCUT2D eigenvalue weighted by Gasteiger charge is 2.22. The van der Waals surface area contributed by atoms with Crippen LogP contribution in [0.15, 0.2) is 34.2 Å². The van der Waals surface area contributed by atoms with Crippen molar-refractivity contribution < 1.29 is 13.2 Å². The molecule has 0 atom stereocenters. The van der Waals surface area contributed by atoms with E-state index in [4.69, 9.17) is 5.14 Å². The number of amides is 1. The number of carbonyl (C=O) groups excluding carboxylic acids is 1. The summed E-state index contributed by atoms with van der Waals surface area (Å²) >= 11 is 3.16. The predicted octanol–water partition coefficient (Wildman–Crippen LogP) is 3.12. The first-order valence-electron chi connectivity index (χ1n) is 9.22. The van der Waals surface area contributed by atoms with Crippen LogP contribution < -0.4 is 10.5 Å². The van der Waals surface area contributed by atoms with Gasteiger partial charge in [0, 0.05) is 22.4 Å². The second-order valence-electron chi connectivity index (χ2n) is 6.74. The molecular weight excluding hydrogens is 428 g/mol. The van der Waals surface area contributed by atoms with Gasteiger partial charge in [0.25, 0.3) is 0 Å². The molecule has 0 saturated heterocycles. The molecule has 0 saturated carbocycles. The molecule has 0 spiro atoms. The van der Waals surface area contributed by atoms with Crippen molar-refractivity contribution in [2.45, 2.75) is 42.5 Å². The molecule has 4 rings (SSSR count). The molecular formula is C19H20N4O3S3. The molecule has 0 aliphatic heterocycles. The van der Waals surface area contributed by atoms with E-state index >= 15 is 0 Å². The van der Waals surface area contributed by atoms with Crippen LogP contribution in [-0.2, 0) is 34.1 Å². The summed E-state index contributed by atoms with van der Waals surface area (Å²) < 4.78 is 22.6. The summed E-state index contributed by atoms with van der Waals surface area (Å²) in [6.07, 6.45) is 4.04. The Morgan fingerprint density at radius 3 is 2.69 bits per heavy atom. The van der Waals surface area contributed by atoms with Crippen LogP contribution in [0.3, 0.4) is 0 Å². The Morgan fingerprint density at radius 1 is 1.24 bits per heavy atom. The fourth-order valence-corrected chi connectivity index (χ4v) is 6.06. The average molecular weight is 449 g/mol. The maximum Gasteiger partial charge on any atom is 0.238 e. The maximum atomic E-state index is 12.4. The topological polar surface area (TPSA) is 115 Å². The molecule has 1 aromatic carbocycles. The molecule has 7 nitrogen and oxygen atoms in total. The number of hydrogen-bond donors (Lipinski definition) is 2. The second kappa shape index (κ2) is 8.02. The van der Waals surface area contributed by atoms with Crippen molar-refractivity contribution in [2.75, 3.05) is 11.1 Å². The van der Waals surface area contributed by atoms with Crippen LogP contribution in [0.1, 0.15) is 29.6 Å². The molecule has 0 bridgehead atoms. The van der Waals surface area contributed by atoms with Gasteiger partial charge in [0.05, 0.1) is 10.6 Å². The third kappa shape index (κ3) is 4.30. The zero-order chi connectivity index (χ0) is 20.6. The van der Waals surface area contributed by atoms with Crippen LogP contribution in [0.5, 0.6) is 0 Å². The van der Waals surface area contributed by atoms with Gasteiger partial charge in [-0.25, -0.2) is 23.5 Å². The summed E-state index contributed by atoms with van der Waals surface area (Å²) in [6, 6.07) is 5.78. The van der Waals surface area contributed by atoms with Gasteiger partial charge in [-0.15, -0.1) is 11.3 Å². The highest BCUT2D eigenvalue weighted by atomic mass is 32.2. The van der Waals surface area contributed by atoms with Crippen molar-refractivity contribution in [1.29, 1.82) is 0 Å². The number of nitrogens with zero attached hydrogens (tertiary/aromatic N) is 2. The van der Waals surface area contributed by atoms with Crippen molar-refractivity contribution in [1.82, 2.24) is 9.97 Å². The number of primary sulfonamides is 1. The molecule has 152 valence electrons. The van der Waals surface area contributed by atoms with Gasteiger partial charge in [0.15, 0.2) is 0 Å². The van der Waals surface area contributed by atoms with Gasteiger partial charge in [-0.05, 0) is 49.1 Å². The number of thioether (sulfide) groups is 1. The number of thiophene rings is 1. The second-order valence-corrected chi connectivity index (χ2v) is 10.4. The van der Waals surface area contributed by atoms with Gasteiger partial charge in [-0.2, -0.15) is 0 Å². The molecule has 3 N–H and O–H groups in total. The van der Waals surface area contributed by atoms with Crippen molar-refractivity contribution in [2.24, 2.45) is 5.14 Å². The average Bonchev–Trinajstić information content (AvgIpc) is 3.26. The summed E-state index contributed by atoms with van der Waals surface area (Å²) in [5.74, 6) is 0.811. The van der Waals surface area contributed by atoms with Gasteiger partial charge < -0.3 is 5.32 Å². The number of nitrogens with one attached hydrogen (secondary N) is 1. The molecule has 1 aliphatic rings. The van der Waals surface area contributed by atoms with Crippen molar-refractivity contribution in [3.63, 3.8) is 0 Å². The Labute approximate surface area is 177 Å². The van der Waals surface area contributed by atoms with E-state index in [9.17, 15) is 13.2 Å². The summed E-state index contributed by atoms with van der Waals surface area (Å²) in [5.41, 5.74) is 1.86. The molecule has 0 unspecified atom stereocenters. The number of aryl methyl sites for hydroxylation is 3. The SMILES string of the molecule is CCc1nc(SCC(=O)Nc2ccc(S(N)(=O)=O)cc2)c2c3c(sc2n1)CCC3. The minimum absolute atomic E-state index is 0.00617. The molecule has 2 aromatic heterocycles. The van der Waals surface area contributed by atoms with E-state index in [1.54, 1.807) is 11.3 Å². The molecule has 0 radical (unpaired) electrons. The normalized spacial score (nSPS) is 13.6. The number of hydrogen-bond acceptors (Lipinski definition) is 7. The Bertz CT molecular complexity index is 1190. The Morgan fingerprint density at radius 2 is 2.00 bits per heavy atom. The number of sulfonamides is 1. The first-order chi connectivity index (χ1) is 13.8. The quantitative estimate of drug-likeness (QED) is 0.442. The van der Waals surface area contributed by atoms with Crippen LogP contribution in [0.25, 0.3) is 10.2 Å². The molecule has 0 fully saturated rings. The monoisotopic (exact) mass is 448 g/mol. The highest BCUT2D eigenvalue weighted by Crippen LogP contribution is 2.40. The number of rotatable bonds is 6. The zero-order valence-corrected chi connectivity index (χ0v) is 18.2. The highest BCUT2D eigenvalue weighted by molar-refractivity contribution is 8.00. The third-order valence-corrected chi connectivity index (χ3v) is 7.79. The molecule has 10 heteroatoms. The minimum atomic E-state index is -3.75. The Kier molecular flexibility index (Phi) is 5.60. The van der Waals surface area contributed by atoms with E-state index in [0.717, 1.165) is 46.8 Å². The van der Waals surface area contributed by atoms with Gasteiger partial charge >= 0.3 is 0 Å². The van der Waals surface area contributed by atoms with Gasteiger partial charge in [0.1, 0.15) is 15.7 Å². The largest absolute Gasteiger partial charge is 0.325 e. The number of carbonyl (C=O) groups is 1. The first kappa shape index (κ1) is 20.3. The van der Waals surface area contributed by atoms with E-state index < -0.39 is 10.0 Å². The summed E-state index contributed by atoms with van der Waals surface area (Å²) in [4.78, 5) is 24.2. The lowest BCUT2D eigenvalue weighted by Gasteiger charge is -2.08. The van der Waals surface area contributed by atoms with Crippen molar-refractivity contribution >= 4 is 54.9 Å². The fourth-order valence-electron chi connectivity index (χ4n) is 3.33. The van der Waals surface area contributed by atoms with E-state index in [1.165, 1.54) is 46.5 Å². The lowest BCUT2D eigenvalue weighted by atomic mass is 10.2. The molecule has 29 heavy (non-hydrogen) atoms. The van der Waals surface area contributed by atoms with Gasteiger partial charge in [-0.1, -0.05) is 18.7 Å². The number of aromatic nitrogens is 2. The first-order valence-corrected chi connectivity index (χ1v) is 12.6. The molecule has 3 aromatic rings. The molecule has 1 amide bonds. The van der Waals surface area contributed by atoms with E-state index in [-0.39, 0.29) is 16.6 Å². The van der Waals surface area contributed by atoms with Crippen molar-refractivity contribution in [3.8, 4) is 0 Å². The smallest absolute Gasteiger partial charge is 0.238 e. The standard InChI is InChI=1S/C19H20N4O3S3/c1-2-15-22-18(17-13-4-3-5-14(13)28-19(17)23-15)27-10-16(24)21-11-6-8-12(9-7-11)29(20,25)26/h6-9H,2-5,10H2,1H3,(H,21,24)(H2,20,25,26). The maximum absolute atomic E-state index is 12.4. The number of fused-ring (bicyclic) bond motifs is 3. The summed E-state index contributed by atoms with van der Waals surface area (Å²) in [6.45, 7) is 2.02. The van der Waals surface area contributed by atoms with E-state index in [2.05, 4.69) is 15.3 Å². The third-order valence-electron chi connectivity index (χ3n) is 4.70. The molecule has 1 aliphatic carbocycles. The Balaban J connectivity index is 1.50. The zero-order valence-electron chi connectivity index (χ0n) is 15.8. The van der Waals surface area contributed by atoms with Crippen LogP contribution >= 0.6 is 23.1 Å². The van der Waals surface area contributed by atoms with E-state index in [0.29, 0.717) is 5.69 Å². The lowest BCUT2D eigenvalue weighted by Crippen LogP contribution is -2.15. The Hall–Kier alpha value is -2.01. The van der Waals surface area contributed by atoms with Crippen LogP contribution in [-0.4, -0.2) is 30.0 Å². The predicted molar refractivity (Wildman–Crippen MR) is 116 cm³/mol. The van der Waals surface area contributed by atoms with Crippen LogP contribution in [0.2, 0.25) is 0 Å². The van der Waals surface area contributed by atoms with Crippen LogP contribution in [0.4, 0.5) is 5.69 Å². The number of nitrogens with two attached hydrogens (primary N) is 1. The summed E-state index contributed by atoms with van der Waals surface area (Å²) in [5, 5.41) is 9.84. The summed E-state index contributed by atoms with van der Waals surface area (Å²) in [7, 11) is -3.75. The number of anilines is 1. The lowest BCUT2D eigenvalue weighted by molar-refractivity contribution is -0.113. The van der Waals surface area contributed by atoms with Gasteiger partial charge in [0.2, 0.25) is 15.9 Å². The van der Waals surface area contributed by atoms with Crippen molar-refractivity contribution in [3.05, 3.63) is 40.5 Å². The van der Waals surface area contributed by atoms with Gasteiger partial charge in [-0.3, -0.25) is 4.79 Å². The minimum Gasteiger partial charge on any atom is -0.325 e. The molecule has 2 heterocycles. The van der Waals surface area contributed by atoms with Crippen LogP contribution in [0, 0.1) is 0 Å². The number of benzene rings is 1. The van der Waals surface area contributed by atoms with E-state index in [1.807, 2.05) is 6.92 Å².